The van der Waals surface area contributed by atoms with E-state index in [1.165, 1.54) is 0 Å². The molecule has 1 amide bonds. The molecule has 3 rings (SSSR count). The number of aliphatic hydroxyl groups is 1. The van der Waals surface area contributed by atoms with Crippen LogP contribution < -0.4 is 0 Å². The maximum atomic E-state index is 12.1. The maximum Gasteiger partial charge on any atom is 0.226 e. The molecule has 1 saturated heterocycles. The Morgan fingerprint density at radius 1 is 1.33 bits per heavy atom. The monoisotopic (exact) mass is 285 g/mol. The Bertz CT molecular complexity index is 500. The first kappa shape index (κ1) is 12.3. The zero-order chi connectivity index (χ0) is 12.9. The number of carbonyl (C=O) groups excluding carboxylic acids is 1. The van der Waals surface area contributed by atoms with Crippen LogP contribution in [-0.2, 0) is 4.79 Å². The molecular weight excluding hydrogens is 273 g/mol. The van der Waals surface area contributed by atoms with Crippen molar-refractivity contribution >= 4 is 29.1 Å². The van der Waals surface area contributed by atoms with Gasteiger partial charge in [-0.1, -0.05) is 35.3 Å². The third-order valence-corrected chi connectivity index (χ3v) is 4.50. The van der Waals surface area contributed by atoms with Gasteiger partial charge in [0.1, 0.15) is 0 Å². The Kier molecular flexibility index (Phi) is 3.00. The van der Waals surface area contributed by atoms with E-state index in [1.54, 1.807) is 11.0 Å². The molecule has 1 N–H and O–H groups in total. The highest BCUT2D eigenvalue weighted by molar-refractivity contribution is 6.42. The van der Waals surface area contributed by atoms with Crippen molar-refractivity contribution in [2.24, 2.45) is 5.92 Å². The molecule has 0 radical (unpaired) electrons. The van der Waals surface area contributed by atoms with Crippen molar-refractivity contribution < 1.29 is 9.90 Å². The van der Waals surface area contributed by atoms with Gasteiger partial charge in [-0.3, -0.25) is 4.79 Å². The molecule has 0 spiro atoms. The molecule has 2 atom stereocenters. The van der Waals surface area contributed by atoms with Gasteiger partial charge in [0.25, 0.3) is 0 Å². The summed E-state index contributed by atoms with van der Waals surface area (Å²) in [6.45, 7) is 0.927. The highest BCUT2D eigenvalue weighted by atomic mass is 35.5. The number of benzene rings is 1. The summed E-state index contributed by atoms with van der Waals surface area (Å²) in [4.78, 5) is 13.8. The highest BCUT2D eigenvalue weighted by Crippen LogP contribution is 2.51. The second-order valence-electron chi connectivity index (χ2n) is 4.99. The predicted octanol–water partition coefficient (Wildman–Crippen LogP) is 2.30. The average molecular weight is 286 g/mol. The number of nitrogens with zero attached hydrogens (tertiary/aromatic N) is 1. The molecule has 3 nitrogen and oxygen atoms in total. The lowest BCUT2D eigenvalue weighted by Crippen LogP contribution is -2.54. The Hall–Kier alpha value is -0.770. The highest BCUT2D eigenvalue weighted by Gasteiger charge is 2.48. The van der Waals surface area contributed by atoms with E-state index >= 15 is 0 Å². The molecule has 2 fully saturated rings. The van der Waals surface area contributed by atoms with Gasteiger partial charge in [0.05, 0.1) is 16.1 Å². The molecule has 1 saturated carbocycles. The van der Waals surface area contributed by atoms with E-state index in [-0.39, 0.29) is 23.8 Å². The van der Waals surface area contributed by atoms with Crippen LogP contribution in [0.15, 0.2) is 18.2 Å². The third kappa shape index (κ3) is 2.00. The quantitative estimate of drug-likeness (QED) is 0.906. The molecule has 2 aliphatic rings. The standard InChI is InChI=1S/C13H13Cl2NO2/c14-11-3-1-2-8(12(11)15)9-4-10(9)13(18)16-5-7(17)6-16/h1-3,7,9-10,17H,4-6H2. The van der Waals surface area contributed by atoms with Gasteiger partial charge < -0.3 is 10.0 Å². The van der Waals surface area contributed by atoms with Crippen molar-refractivity contribution in [2.45, 2.75) is 18.4 Å². The number of hydrogen-bond donors (Lipinski definition) is 1. The van der Waals surface area contributed by atoms with Gasteiger partial charge in [0.2, 0.25) is 5.91 Å². The van der Waals surface area contributed by atoms with Crippen molar-refractivity contribution in [2.75, 3.05) is 13.1 Å². The minimum Gasteiger partial charge on any atom is -0.389 e. The van der Waals surface area contributed by atoms with Gasteiger partial charge in [-0.15, -0.1) is 0 Å². The Balaban J connectivity index is 1.70. The first-order valence-electron chi connectivity index (χ1n) is 5.98. The number of aliphatic hydroxyl groups excluding tert-OH is 1. The molecule has 1 aliphatic carbocycles. The van der Waals surface area contributed by atoms with E-state index in [0.29, 0.717) is 23.1 Å². The summed E-state index contributed by atoms with van der Waals surface area (Å²) >= 11 is 12.1. The van der Waals surface area contributed by atoms with Crippen LogP contribution in [0.1, 0.15) is 17.9 Å². The van der Waals surface area contributed by atoms with Gasteiger partial charge in [-0.05, 0) is 24.0 Å². The minimum atomic E-state index is -0.346. The van der Waals surface area contributed by atoms with Crippen molar-refractivity contribution in [3.8, 4) is 0 Å². The van der Waals surface area contributed by atoms with Gasteiger partial charge in [-0.25, -0.2) is 0 Å². The molecule has 1 heterocycles. The van der Waals surface area contributed by atoms with Crippen molar-refractivity contribution in [1.29, 1.82) is 0 Å². The molecule has 96 valence electrons. The molecule has 0 bridgehead atoms. The fourth-order valence-corrected chi connectivity index (χ4v) is 2.94. The average Bonchev–Trinajstić information content (AvgIpc) is 3.08. The van der Waals surface area contributed by atoms with Crippen LogP contribution in [0, 0.1) is 5.92 Å². The number of carbonyl (C=O) groups is 1. The SMILES string of the molecule is O=C(C1CC1c1cccc(Cl)c1Cl)N1CC(O)C1. The van der Waals surface area contributed by atoms with E-state index in [1.807, 2.05) is 12.1 Å². The number of rotatable bonds is 2. The van der Waals surface area contributed by atoms with Crippen LogP contribution in [0.4, 0.5) is 0 Å². The van der Waals surface area contributed by atoms with E-state index in [2.05, 4.69) is 0 Å². The summed E-state index contributed by atoms with van der Waals surface area (Å²) in [5.41, 5.74) is 0.962. The summed E-state index contributed by atoms with van der Waals surface area (Å²) in [6, 6.07) is 5.53. The zero-order valence-corrected chi connectivity index (χ0v) is 11.2. The lowest BCUT2D eigenvalue weighted by Gasteiger charge is -2.36. The molecule has 18 heavy (non-hydrogen) atoms. The normalized spacial score (nSPS) is 26.9. The van der Waals surface area contributed by atoms with E-state index < -0.39 is 0 Å². The van der Waals surface area contributed by atoms with Gasteiger partial charge >= 0.3 is 0 Å². The third-order valence-electron chi connectivity index (χ3n) is 3.66. The second kappa shape index (κ2) is 4.41. The topological polar surface area (TPSA) is 40.5 Å². The zero-order valence-electron chi connectivity index (χ0n) is 9.64. The summed E-state index contributed by atoms with van der Waals surface area (Å²) in [7, 11) is 0. The first-order chi connectivity index (χ1) is 8.58. The van der Waals surface area contributed by atoms with Crippen LogP contribution in [0.5, 0.6) is 0 Å². The van der Waals surface area contributed by atoms with Gasteiger partial charge in [-0.2, -0.15) is 0 Å². The summed E-state index contributed by atoms with van der Waals surface area (Å²) in [6.07, 6.45) is 0.479. The fourth-order valence-electron chi connectivity index (χ4n) is 2.49. The van der Waals surface area contributed by atoms with Crippen LogP contribution in [0.3, 0.4) is 0 Å². The molecule has 5 heteroatoms. The Morgan fingerprint density at radius 2 is 2.06 bits per heavy atom. The largest absolute Gasteiger partial charge is 0.389 e. The smallest absolute Gasteiger partial charge is 0.226 e. The van der Waals surface area contributed by atoms with E-state index in [0.717, 1.165) is 12.0 Å². The molecule has 2 unspecified atom stereocenters. The van der Waals surface area contributed by atoms with Crippen LogP contribution in [-0.4, -0.2) is 35.1 Å². The fraction of sp³-hybridized carbons (Fsp3) is 0.462. The number of amides is 1. The minimum absolute atomic E-state index is 0.00784. The van der Waals surface area contributed by atoms with Crippen LogP contribution in [0.2, 0.25) is 10.0 Å². The number of likely N-dealkylation sites (tertiary alicyclic amines) is 1. The van der Waals surface area contributed by atoms with Gasteiger partial charge in [0.15, 0.2) is 0 Å². The molecule has 1 aliphatic heterocycles. The maximum absolute atomic E-state index is 12.1. The lowest BCUT2D eigenvalue weighted by atomic mass is 10.1. The summed E-state index contributed by atoms with van der Waals surface area (Å²) < 4.78 is 0. The Morgan fingerprint density at radius 3 is 2.72 bits per heavy atom. The number of halogens is 2. The molecule has 1 aromatic carbocycles. The van der Waals surface area contributed by atoms with Gasteiger partial charge in [0, 0.05) is 19.0 Å². The van der Waals surface area contributed by atoms with E-state index in [4.69, 9.17) is 23.2 Å². The Labute approximate surface area is 115 Å². The van der Waals surface area contributed by atoms with Crippen LogP contribution in [0.25, 0.3) is 0 Å². The first-order valence-corrected chi connectivity index (χ1v) is 6.74. The number of β-amino-alcohol motifs (C(OH)–C–C–N with tert-alkyl or cyclic N) is 1. The van der Waals surface area contributed by atoms with Crippen molar-refractivity contribution in [3.05, 3.63) is 33.8 Å². The van der Waals surface area contributed by atoms with Crippen LogP contribution >= 0.6 is 23.2 Å². The van der Waals surface area contributed by atoms with Crippen molar-refractivity contribution in [1.82, 2.24) is 4.90 Å². The van der Waals surface area contributed by atoms with Crippen molar-refractivity contribution in [3.63, 3.8) is 0 Å². The summed E-state index contributed by atoms with van der Waals surface area (Å²) in [5.74, 6) is 0.316. The molecule has 1 aromatic rings. The molecule has 0 aromatic heterocycles. The van der Waals surface area contributed by atoms with E-state index in [9.17, 15) is 9.90 Å². The predicted molar refractivity (Wildman–Crippen MR) is 69.9 cm³/mol. The lowest BCUT2D eigenvalue weighted by molar-refractivity contribution is -0.142. The molecular formula is C13H13Cl2NO2. The number of hydrogen-bond acceptors (Lipinski definition) is 2. The second-order valence-corrected chi connectivity index (χ2v) is 5.77. The summed E-state index contributed by atoms with van der Waals surface area (Å²) in [5, 5.41) is 10.3.